The molecule has 0 aliphatic rings. The summed E-state index contributed by atoms with van der Waals surface area (Å²) in [5.74, 6) is 0.147. The number of hydrogen-bond acceptors (Lipinski definition) is 6. The van der Waals surface area contributed by atoms with E-state index in [1.165, 1.54) is 25.3 Å². The second-order valence-electron chi connectivity index (χ2n) is 4.12. The van der Waals surface area contributed by atoms with Crippen molar-refractivity contribution in [3.8, 4) is 11.8 Å². The van der Waals surface area contributed by atoms with Gasteiger partial charge >= 0.3 is 0 Å². The molecule has 0 saturated heterocycles. The molecule has 0 amide bonds. The van der Waals surface area contributed by atoms with Crippen LogP contribution in [-0.4, -0.2) is 48.9 Å². The second kappa shape index (κ2) is 8.59. The van der Waals surface area contributed by atoms with Crippen LogP contribution in [0.4, 0.5) is 0 Å². The molecule has 0 aromatic heterocycles. The summed E-state index contributed by atoms with van der Waals surface area (Å²) in [5, 5.41) is 11.8. The molecule has 1 aromatic rings. The first-order valence-electron chi connectivity index (χ1n) is 6.32. The zero-order valence-electron chi connectivity index (χ0n) is 12.0. The van der Waals surface area contributed by atoms with Crippen LogP contribution in [-0.2, 0) is 14.8 Å². The Bertz CT molecular complexity index is 596. The largest absolute Gasteiger partial charge is 0.495 e. The van der Waals surface area contributed by atoms with Crippen molar-refractivity contribution in [3.05, 3.63) is 23.8 Å². The van der Waals surface area contributed by atoms with Crippen LogP contribution < -0.4 is 14.8 Å². The molecule has 0 aliphatic heterocycles. The Labute approximate surface area is 124 Å². The van der Waals surface area contributed by atoms with Crippen LogP contribution in [0.1, 0.15) is 5.56 Å². The Balaban J connectivity index is 2.68. The SMILES string of the molecule is COCCNCCNS(=O)(=O)c1ccc(C#N)cc1OC. The normalized spacial score (nSPS) is 11.1. The van der Waals surface area contributed by atoms with Crippen LogP contribution in [0.5, 0.6) is 5.75 Å². The van der Waals surface area contributed by atoms with Crippen LogP contribution in [0, 0.1) is 11.3 Å². The quantitative estimate of drug-likeness (QED) is 0.626. The van der Waals surface area contributed by atoms with E-state index >= 15 is 0 Å². The molecule has 1 rings (SSSR count). The highest BCUT2D eigenvalue weighted by atomic mass is 32.2. The third-order valence-corrected chi connectivity index (χ3v) is 4.16. The van der Waals surface area contributed by atoms with Gasteiger partial charge in [0.25, 0.3) is 0 Å². The van der Waals surface area contributed by atoms with Crippen molar-refractivity contribution < 1.29 is 17.9 Å². The number of rotatable bonds is 9. The minimum Gasteiger partial charge on any atom is -0.495 e. The molecule has 116 valence electrons. The van der Waals surface area contributed by atoms with E-state index in [-0.39, 0.29) is 17.2 Å². The highest BCUT2D eigenvalue weighted by Crippen LogP contribution is 2.24. The van der Waals surface area contributed by atoms with Gasteiger partial charge in [0.15, 0.2) is 0 Å². The molecule has 7 nitrogen and oxygen atoms in total. The monoisotopic (exact) mass is 313 g/mol. The summed E-state index contributed by atoms with van der Waals surface area (Å²) in [7, 11) is -0.715. The first kappa shape index (κ1) is 17.4. The molecule has 0 saturated carbocycles. The number of sulfonamides is 1. The minimum atomic E-state index is -3.68. The van der Waals surface area contributed by atoms with Crippen LogP contribution in [0.3, 0.4) is 0 Å². The zero-order chi connectivity index (χ0) is 15.7. The molecule has 0 fully saturated rings. The molecule has 0 heterocycles. The van der Waals surface area contributed by atoms with E-state index in [4.69, 9.17) is 14.7 Å². The predicted molar refractivity (Wildman–Crippen MR) is 77.6 cm³/mol. The van der Waals surface area contributed by atoms with Crippen molar-refractivity contribution in [1.29, 1.82) is 5.26 Å². The molecule has 0 aliphatic carbocycles. The zero-order valence-corrected chi connectivity index (χ0v) is 12.9. The summed E-state index contributed by atoms with van der Waals surface area (Å²) in [6, 6.07) is 6.13. The van der Waals surface area contributed by atoms with Crippen LogP contribution in [0.15, 0.2) is 23.1 Å². The maximum Gasteiger partial charge on any atom is 0.244 e. The Kier molecular flexibility index (Phi) is 7.11. The number of methoxy groups -OCH3 is 2. The first-order valence-corrected chi connectivity index (χ1v) is 7.81. The third-order valence-electron chi connectivity index (χ3n) is 2.66. The van der Waals surface area contributed by atoms with Crippen molar-refractivity contribution in [2.45, 2.75) is 4.90 Å². The van der Waals surface area contributed by atoms with Crippen molar-refractivity contribution in [1.82, 2.24) is 10.0 Å². The number of nitrogens with one attached hydrogen (secondary N) is 2. The van der Waals surface area contributed by atoms with Gasteiger partial charge in [-0.2, -0.15) is 5.26 Å². The van der Waals surface area contributed by atoms with E-state index in [1.54, 1.807) is 7.11 Å². The van der Waals surface area contributed by atoms with Gasteiger partial charge in [0, 0.05) is 26.7 Å². The Morgan fingerprint density at radius 1 is 1.24 bits per heavy atom. The molecule has 2 N–H and O–H groups in total. The number of nitriles is 1. The van der Waals surface area contributed by atoms with Crippen molar-refractivity contribution in [3.63, 3.8) is 0 Å². The second-order valence-corrected chi connectivity index (χ2v) is 5.85. The van der Waals surface area contributed by atoms with Crippen LogP contribution in [0.25, 0.3) is 0 Å². The van der Waals surface area contributed by atoms with Gasteiger partial charge in [0.2, 0.25) is 10.0 Å². The van der Waals surface area contributed by atoms with Crippen LogP contribution >= 0.6 is 0 Å². The smallest absolute Gasteiger partial charge is 0.244 e. The summed E-state index contributed by atoms with van der Waals surface area (Å²) < 4.78 is 36.7. The molecular formula is C13H19N3O4S. The Hall–Kier alpha value is -1.66. The minimum absolute atomic E-state index is 0.0147. The number of benzene rings is 1. The molecule has 0 atom stereocenters. The Morgan fingerprint density at radius 3 is 2.62 bits per heavy atom. The Morgan fingerprint density at radius 2 is 2.00 bits per heavy atom. The lowest BCUT2D eigenvalue weighted by Crippen LogP contribution is -2.33. The van der Waals surface area contributed by atoms with Gasteiger partial charge in [-0.25, -0.2) is 13.1 Å². The topological polar surface area (TPSA) is 100 Å². The summed E-state index contributed by atoms with van der Waals surface area (Å²) in [4.78, 5) is 0.0147. The highest BCUT2D eigenvalue weighted by Gasteiger charge is 2.19. The van der Waals surface area contributed by atoms with Crippen molar-refractivity contribution >= 4 is 10.0 Å². The summed E-state index contributed by atoms with van der Waals surface area (Å²) in [6.45, 7) is 1.95. The van der Waals surface area contributed by atoms with E-state index in [1.807, 2.05) is 6.07 Å². The van der Waals surface area contributed by atoms with Gasteiger partial charge in [0.05, 0.1) is 25.3 Å². The van der Waals surface area contributed by atoms with Gasteiger partial charge in [0.1, 0.15) is 10.6 Å². The molecule has 21 heavy (non-hydrogen) atoms. The van der Waals surface area contributed by atoms with E-state index in [0.29, 0.717) is 25.3 Å². The highest BCUT2D eigenvalue weighted by molar-refractivity contribution is 7.89. The fourth-order valence-electron chi connectivity index (χ4n) is 1.61. The number of nitrogens with zero attached hydrogens (tertiary/aromatic N) is 1. The molecule has 0 radical (unpaired) electrons. The van der Waals surface area contributed by atoms with Gasteiger partial charge in [-0.15, -0.1) is 0 Å². The van der Waals surface area contributed by atoms with E-state index < -0.39 is 10.0 Å². The molecule has 8 heteroatoms. The molecule has 0 bridgehead atoms. The maximum absolute atomic E-state index is 12.2. The van der Waals surface area contributed by atoms with E-state index in [2.05, 4.69) is 10.0 Å². The van der Waals surface area contributed by atoms with Crippen molar-refractivity contribution in [2.75, 3.05) is 40.5 Å². The fraction of sp³-hybridized carbons (Fsp3) is 0.462. The lowest BCUT2D eigenvalue weighted by molar-refractivity contribution is 0.199. The summed E-state index contributed by atoms with van der Waals surface area (Å²) in [5.41, 5.74) is 0.340. The average molecular weight is 313 g/mol. The number of hydrogen-bond donors (Lipinski definition) is 2. The van der Waals surface area contributed by atoms with E-state index in [9.17, 15) is 8.42 Å². The summed E-state index contributed by atoms with van der Waals surface area (Å²) in [6.07, 6.45) is 0. The lowest BCUT2D eigenvalue weighted by Gasteiger charge is -2.11. The van der Waals surface area contributed by atoms with Crippen LogP contribution in [0.2, 0.25) is 0 Å². The van der Waals surface area contributed by atoms with Gasteiger partial charge < -0.3 is 14.8 Å². The summed E-state index contributed by atoms with van der Waals surface area (Å²) >= 11 is 0. The molecule has 0 spiro atoms. The molecule has 1 aromatic carbocycles. The van der Waals surface area contributed by atoms with Gasteiger partial charge in [-0.1, -0.05) is 0 Å². The fourth-order valence-corrected chi connectivity index (χ4v) is 2.79. The lowest BCUT2D eigenvalue weighted by atomic mass is 10.2. The maximum atomic E-state index is 12.2. The standard InChI is InChI=1S/C13H19N3O4S/c1-19-8-7-15-5-6-16-21(17,18)13-4-3-11(10-14)9-12(13)20-2/h3-4,9,15-16H,5-8H2,1-2H3. The van der Waals surface area contributed by atoms with E-state index in [0.717, 1.165) is 0 Å². The average Bonchev–Trinajstić information content (AvgIpc) is 2.50. The third kappa shape index (κ3) is 5.32. The number of ether oxygens (including phenoxy) is 2. The van der Waals surface area contributed by atoms with Gasteiger partial charge in [-0.3, -0.25) is 0 Å². The predicted octanol–water partition coefficient (Wildman–Crippen LogP) is 0.0812. The first-order chi connectivity index (χ1) is 10.0. The molecular weight excluding hydrogens is 294 g/mol. The molecule has 0 unspecified atom stereocenters. The van der Waals surface area contributed by atoms with Crippen molar-refractivity contribution in [2.24, 2.45) is 0 Å². The van der Waals surface area contributed by atoms with Gasteiger partial charge in [-0.05, 0) is 18.2 Å².